The first kappa shape index (κ1) is 13.9. The molecule has 0 aliphatic carbocycles. The van der Waals surface area contributed by atoms with Gasteiger partial charge in [-0.05, 0) is 19.9 Å². The molecule has 2 rings (SSSR count). The predicted molar refractivity (Wildman–Crippen MR) is 75.8 cm³/mol. The number of nitrogens with zero attached hydrogens (tertiary/aromatic N) is 2. The van der Waals surface area contributed by atoms with Gasteiger partial charge in [0.15, 0.2) is 0 Å². The van der Waals surface area contributed by atoms with Crippen molar-refractivity contribution in [3.8, 4) is 0 Å². The second kappa shape index (κ2) is 4.89. The molecule has 1 aromatic carbocycles. The fraction of sp³-hybridized carbons (Fsp3) is 0.333. The van der Waals surface area contributed by atoms with Crippen molar-refractivity contribution in [1.29, 1.82) is 0 Å². The second-order valence-electron chi connectivity index (χ2n) is 5.22. The molecule has 1 aromatic heterocycles. The minimum Gasteiger partial charge on any atom is -0.378 e. The average molecular weight is 277 g/mol. The number of nitro benzene ring substituents is 1. The largest absolute Gasteiger partial charge is 0.378 e. The molecular weight excluding hydrogens is 262 g/mol. The van der Waals surface area contributed by atoms with E-state index in [9.17, 15) is 14.9 Å². The zero-order chi connectivity index (χ0) is 14.9. The monoisotopic (exact) mass is 277 g/mol. The van der Waals surface area contributed by atoms with Gasteiger partial charge >= 0.3 is 0 Å². The Bertz CT molecular complexity index is 717. The number of hydrogen-bond donors (Lipinski definition) is 3. The third-order valence-corrected chi connectivity index (χ3v) is 2.69. The van der Waals surface area contributed by atoms with Gasteiger partial charge in [0, 0.05) is 18.2 Å². The Morgan fingerprint density at radius 2 is 2.20 bits per heavy atom. The van der Waals surface area contributed by atoms with Crippen molar-refractivity contribution in [2.24, 2.45) is 5.73 Å². The van der Waals surface area contributed by atoms with E-state index in [2.05, 4.69) is 15.3 Å². The van der Waals surface area contributed by atoms with E-state index in [0.717, 1.165) is 0 Å². The first-order chi connectivity index (χ1) is 9.28. The lowest BCUT2D eigenvalue weighted by atomic mass is 10.1. The third kappa shape index (κ3) is 2.91. The highest BCUT2D eigenvalue weighted by atomic mass is 16.6. The number of hydrogen-bond acceptors (Lipinski definition) is 6. The molecule has 0 saturated heterocycles. The Labute approximate surface area is 114 Å². The Morgan fingerprint density at radius 1 is 1.50 bits per heavy atom. The van der Waals surface area contributed by atoms with Crippen LogP contribution in [0.2, 0.25) is 0 Å². The Balaban J connectivity index is 2.55. The summed E-state index contributed by atoms with van der Waals surface area (Å²) in [6.07, 6.45) is 1.26. The summed E-state index contributed by atoms with van der Waals surface area (Å²) in [4.78, 5) is 28.6. The van der Waals surface area contributed by atoms with Crippen molar-refractivity contribution in [3.63, 3.8) is 0 Å². The highest BCUT2D eigenvalue weighted by Gasteiger charge is 2.19. The van der Waals surface area contributed by atoms with Gasteiger partial charge in [-0.2, -0.15) is 0 Å². The van der Waals surface area contributed by atoms with Gasteiger partial charge in [0.1, 0.15) is 5.69 Å². The van der Waals surface area contributed by atoms with Gasteiger partial charge in [0.05, 0.1) is 22.2 Å². The van der Waals surface area contributed by atoms with Gasteiger partial charge in [-0.3, -0.25) is 14.9 Å². The van der Waals surface area contributed by atoms with E-state index in [1.165, 1.54) is 18.5 Å². The molecule has 0 spiro atoms. The van der Waals surface area contributed by atoms with E-state index in [4.69, 9.17) is 5.73 Å². The van der Waals surface area contributed by atoms with Gasteiger partial charge in [0.25, 0.3) is 11.2 Å². The lowest BCUT2D eigenvalue weighted by Crippen LogP contribution is -2.39. The maximum Gasteiger partial charge on any atom is 0.293 e. The summed E-state index contributed by atoms with van der Waals surface area (Å²) in [6, 6.07) is 2.70. The van der Waals surface area contributed by atoms with Crippen LogP contribution in [0.25, 0.3) is 10.9 Å². The van der Waals surface area contributed by atoms with E-state index in [-0.39, 0.29) is 11.1 Å². The van der Waals surface area contributed by atoms with Crippen molar-refractivity contribution in [1.82, 2.24) is 9.97 Å². The van der Waals surface area contributed by atoms with Crippen molar-refractivity contribution in [2.45, 2.75) is 19.4 Å². The molecule has 2 aromatic rings. The topological polar surface area (TPSA) is 127 Å². The number of aromatic amines is 1. The highest BCUT2D eigenvalue weighted by Crippen LogP contribution is 2.28. The molecule has 0 bridgehead atoms. The van der Waals surface area contributed by atoms with E-state index < -0.39 is 16.0 Å². The van der Waals surface area contributed by atoms with Gasteiger partial charge in [-0.1, -0.05) is 0 Å². The zero-order valence-corrected chi connectivity index (χ0v) is 11.1. The van der Waals surface area contributed by atoms with E-state index in [0.29, 0.717) is 17.7 Å². The molecular formula is C12H15N5O3. The molecule has 20 heavy (non-hydrogen) atoms. The number of nitrogens with two attached hydrogens (primary N) is 1. The minimum atomic E-state index is -0.544. The van der Waals surface area contributed by atoms with Crippen LogP contribution >= 0.6 is 0 Å². The second-order valence-corrected chi connectivity index (χ2v) is 5.22. The number of fused-ring (bicyclic) bond motifs is 1. The molecule has 8 heteroatoms. The number of benzene rings is 1. The van der Waals surface area contributed by atoms with Gasteiger partial charge in [-0.25, -0.2) is 4.98 Å². The van der Waals surface area contributed by atoms with Crippen molar-refractivity contribution in [2.75, 3.05) is 11.9 Å². The Morgan fingerprint density at radius 3 is 2.80 bits per heavy atom. The molecule has 0 radical (unpaired) electrons. The maximum absolute atomic E-state index is 11.6. The first-order valence-corrected chi connectivity index (χ1v) is 5.96. The molecule has 0 amide bonds. The first-order valence-electron chi connectivity index (χ1n) is 5.96. The number of anilines is 1. The quantitative estimate of drug-likeness (QED) is 0.564. The smallest absolute Gasteiger partial charge is 0.293 e. The number of nitro groups is 1. The summed E-state index contributed by atoms with van der Waals surface area (Å²) < 4.78 is 0. The van der Waals surface area contributed by atoms with Gasteiger partial charge < -0.3 is 16.0 Å². The lowest BCUT2D eigenvalue weighted by Gasteiger charge is -2.19. The van der Waals surface area contributed by atoms with Crippen LogP contribution in [0, 0.1) is 10.1 Å². The van der Waals surface area contributed by atoms with Crippen LogP contribution in [0.15, 0.2) is 23.3 Å². The van der Waals surface area contributed by atoms with Gasteiger partial charge in [0.2, 0.25) is 0 Å². The fourth-order valence-electron chi connectivity index (χ4n) is 1.72. The zero-order valence-electron chi connectivity index (χ0n) is 11.1. The predicted octanol–water partition coefficient (Wildman–Crippen LogP) is 0.980. The summed E-state index contributed by atoms with van der Waals surface area (Å²) in [5.74, 6) is 0. The fourth-order valence-corrected chi connectivity index (χ4v) is 1.72. The minimum absolute atomic E-state index is 0.178. The summed E-state index contributed by atoms with van der Waals surface area (Å²) in [5.41, 5.74) is 5.40. The average Bonchev–Trinajstić information content (AvgIpc) is 2.34. The molecule has 0 atom stereocenters. The van der Waals surface area contributed by atoms with Crippen molar-refractivity contribution in [3.05, 3.63) is 38.9 Å². The molecule has 0 aliphatic rings. The standard InChI is InChI=1S/C12H15N5O3/c1-12(2,13)5-14-9-4-8-7(3-10(9)17(19)20)11(18)16-6-15-8/h3-4,6,14H,5,13H2,1-2H3,(H,15,16,18). The number of rotatable bonds is 4. The lowest BCUT2D eigenvalue weighted by molar-refractivity contribution is -0.383. The van der Waals surface area contributed by atoms with Gasteiger partial charge in [-0.15, -0.1) is 0 Å². The number of H-pyrrole nitrogens is 1. The van der Waals surface area contributed by atoms with Crippen LogP contribution < -0.4 is 16.6 Å². The van der Waals surface area contributed by atoms with Crippen LogP contribution in [0.1, 0.15) is 13.8 Å². The van der Waals surface area contributed by atoms with Crippen LogP contribution in [0.4, 0.5) is 11.4 Å². The van der Waals surface area contributed by atoms with E-state index >= 15 is 0 Å². The molecule has 0 aliphatic heterocycles. The van der Waals surface area contributed by atoms with Crippen LogP contribution in [0.3, 0.4) is 0 Å². The molecule has 0 saturated carbocycles. The molecule has 0 unspecified atom stereocenters. The van der Waals surface area contributed by atoms with Crippen molar-refractivity contribution >= 4 is 22.3 Å². The van der Waals surface area contributed by atoms with Crippen LogP contribution in [-0.4, -0.2) is 27.0 Å². The van der Waals surface area contributed by atoms with Crippen LogP contribution in [-0.2, 0) is 0 Å². The Kier molecular flexibility index (Phi) is 3.41. The number of aromatic nitrogens is 2. The van der Waals surface area contributed by atoms with Crippen molar-refractivity contribution < 1.29 is 4.92 Å². The third-order valence-electron chi connectivity index (χ3n) is 2.69. The SMILES string of the molecule is CC(C)(N)CNc1cc2nc[nH]c(=O)c2cc1[N+](=O)[O-]. The molecule has 8 nitrogen and oxygen atoms in total. The number of nitrogens with one attached hydrogen (secondary N) is 2. The van der Waals surface area contributed by atoms with E-state index in [1.54, 1.807) is 13.8 Å². The highest BCUT2D eigenvalue weighted by molar-refractivity contribution is 5.86. The molecule has 0 fully saturated rings. The molecule has 1 heterocycles. The Hall–Kier alpha value is -2.48. The van der Waals surface area contributed by atoms with E-state index in [1.807, 2.05) is 0 Å². The summed E-state index contributed by atoms with van der Waals surface area (Å²) in [5, 5.41) is 14.2. The normalized spacial score (nSPS) is 11.6. The van der Waals surface area contributed by atoms with Crippen LogP contribution in [0.5, 0.6) is 0 Å². The molecule has 106 valence electrons. The summed E-state index contributed by atoms with van der Waals surface area (Å²) >= 11 is 0. The summed E-state index contributed by atoms with van der Waals surface area (Å²) in [7, 11) is 0. The molecule has 4 N–H and O–H groups in total. The maximum atomic E-state index is 11.6. The summed E-state index contributed by atoms with van der Waals surface area (Å²) in [6.45, 7) is 3.95.